The van der Waals surface area contributed by atoms with E-state index < -0.39 is 9.84 Å². The molecule has 1 aromatic carbocycles. The van der Waals surface area contributed by atoms with Crippen LogP contribution in [0.1, 0.15) is 25.8 Å². The van der Waals surface area contributed by atoms with Crippen LogP contribution in [0.25, 0.3) is 0 Å². The molecule has 1 aromatic rings. The van der Waals surface area contributed by atoms with Crippen molar-refractivity contribution in [3.8, 4) is 0 Å². The highest BCUT2D eigenvalue weighted by Crippen LogP contribution is 2.15. The first kappa shape index (κ1) is 12.0. The third-order valence-corrected chi connectivity index (χ3v) is 3.91. The van der Waals surface area contributed by atoms with Crippen LogP contribution in [0.3, 0.4) is 0 Å². The summed E-state index contributed by atoms with van der Waals surface area (Å²) < 4.78 is 23.7. The molecule has 0 aliphatic heterocycles. The maximum atomic E-state index is 11.8. The van der Waals surface area contributed by atoms with Crippen LogP contribution in [0.15, 0.2) is 40.1 Å². The lowest BCUT2D eigenvalue weighted by atomic mass is 10.2. The van der Waals surface area contributed by atoms with Crippen LogP contribution >= 0.6 is 0 Å². The number of benzene rings is 1. The van der Waals surface area contributed by atoms with Gasteiger partial charge in [-0.05, 0) is 32.4 Å². The fraction of sp³-hybridized carbons (Fsp3) is 0.333. The van der Waals surface area contributed by atoms with Gasteiger partial charge in [0.15, 0.2) is 9.84 Å². The van der Waals surface area contributed by atoms with Crippen molar-refractivity contribution in [2.45, 2.75) is 32.1 Å². The van der Waals surface area contributed by atoms with E-state index in [2.05, 4.69) is 0 Å². The lowest BCUT2D eigenvalue weighted by molar-refractivity contribution is 0.604. The van der Waals surface area contributed by atoms with Crippen molar-refractivity contribution in [1.29, 1.82) is 0 Å². The second kappa shape index (κ2) is 4.62. The van der Waals surface area contributed by atoms with E-state index in [0.29, 0.717) is 4.90 Å². The van der Waals surface area contributed by atoms with Gasteiger partial charge in [0.25, 0.3) is 0 Å². The predicted molar refractivity (Wildman–Crippen MR) is 62.4 cm³/mol. The SMILES string of the molecule is CC/C(C)=C/S(=O)(=O)c1ccc(C)cc1. The Kier molecular flexibility index (Phi) is 3.69. The molecule has 0 aliphatic rings. The Bertz CT molecular complexity index is 453. The first-order valence-electron chi connectivity index (χ1n) is 4.94. The van der Waals surface area contributed by atoms with Gasteiger partial charge in [-0.1, -0.05) is 30.2 Å². The lowest BCUT2D eigenvalue weighted by Crippen LogP contribution is -1.97. The van der Waals surface area contributed by atoms with E-state index in [1.54, 1.807) is 12.1 Å². The van der Waals surface area contributed by atoms with Gasteiger partial charge in [-0.2, -0.15) is 0 Å². The van der Waals surface area contributed by atoms with Gasteiger partial charge in [0.2, 0.25) is 0 Å². The van der Waals surface area contributed by atoms with Gasteiger partial charge in [0.1, 0.15) is 0 Å². The molecule has 0 saturated carbocycles. The van der Waals surface area contributed by atoms with Gasteiger partial charge >= 0.3 is 0 Å². The Morgan fingerprint density at radius 1 is 1.27 bits per heavy atom. The number of hydrogen-bond acceptors (Lipinski definition) is 2. The monoisotopic (exact) mass is 224 g/mol. The molecule has 82 valence electrons. The van der Waals surface area contributed by atoms with E-state index in [4.69, 9.17) is 0 Å². The minimum Gasteiger partial charge on any atom is -0.219 e. The van der Waals surface area contributed by atoms with Crippen LogP contribution in [0.4, 0.5) is 0 Å². The van der Waals surface area contributed by atoms with Crippen molar-refractivity contribution in [1.82, 2.24) is 0 Å². The Labute approximate surface area is 91.6 Å². The van der Waals surface area contributed by atoms with Crippen molar-refractivity contribution >= 4 is 9.84 Å². The number of hydrogen-bond donors (Lipinski definition) is 0. The normalized spacial score (nSPS) is 12.9. The molecule has 0 N–H and O–H groups in total. The van der Waals surface area contributed by atoms with Crippen molar-refractivity contribution in [3.63, 3.8) is 0 Å². The topological polar surface area (TPSA) is 34.1 Å². The fourth-order valence-corrected chi connectivity index (χ4v) is 2.49. The van der Waals surface area contributed by atoms with Crippen LogP contribution in [0, 0.1) is 6.92 Å². The minimum absolute atomic E-state index is 0.362. The first-order chi connectivity index (χ1) is 6.95. The van der Waals surface area contributed by atoms with E-state index in [1.807, 2.05) is 32.9 Å². The highest BCUT2D eigenvalue weighted by molar-refractivity contribution is 7.94. The second-order valence-corrected chi connectivity index (χ2v) is 5.47. The Morgan fingerprint density at radius 2 is 1.80 bits per heavy atom. The summed E-state index contributed by atoms with van der Waals surface area (Å²) in [6, 6.07) is 6.90. The molecule has 0 heterocycles. The van der Waals surface area contributed by atoms with Crippen LogP contribution in [-0.4, -0.2) is 8.42 Å². The molecule has 0 radical (unpaired) electrons. The maximum absolute atomic E-state index is 11.8. The van der Waals surface area contributed by atoms with E-state index in [0.717, 1.165) is 17.6 Å². The zero-order valence-electron chi connectivity index (χ0n) is 9.32. The van der Waals surface area contributed by atoms with Crippen LogP contribution in [0.2, 0.25) is 0 Å². The van der Waals surface area contributed by atoms with Crippen LogP contribution < -0.4 is 0 Å². The molecule has 0 spiro atoms. The summed E-state index contributed by atoms with van der Waals surface area (Å²) in [5.41, 5.74) is 1.93. The van der Waals surface area contributed by atoms with Gasteiger partial charge in [0, 0.05) is 5.41 Å². The van der Waals surface area contributed by atoms with Gasteiger partial charge in [-0.15, -0.1) is 0 Å². The third-order valence-electron chi connectivity index (χ3n) is 2.26. The average molecular weight is 224 g/mol. The second-order valence-electron chi connectivity index (χ2n) is 3.68. The molecule has 0 aliphatic carbocycles. The van der Waals surface area contributed by atoms with E-state index in [-0.39, 0.29) is 0 Å². The third kappa shape index (κ3) is 3.20. The van der Waals surface area contributed by atoms with Crippen LogP contribution in [-0.2, 0) is 9.84 Å². The lowest BCUT2D eigenvalue weighted by Gasteiger charge is -2.01. The van der Waals surface area contributed by atoms with E-state index in [9.17, 15) is 8.42 Å². The van der Waals surface area contributed by atoms with Gasteiger partial charge in [0.05, 0.1) is 4.90 Å². The molecule has 0 saturated heterocycles. The highest BCUT2D eigenvalue weighted by atomic mass is 32.2. The van der Waals surface area contributed by atoms with Crippen LogP contribution in [0.5, 0.6) is 0 Å². The molecule has 0 aromatic heterocycles. The Balaban J connectivity index is 3.13. The standard InChI is InChI=1S/C12H16O2S/c1-4-10(2)9-15(13,14)12-7-5-11(3)6-8-12/h5-9H,4H2,1-3H3/b10-9+. The minimum atomic E-state index is -3.25. The summed E-state index contributed by atoms with van der Waals surface area (Å²) in [5.74, 6) is 0. The van der Waals surface area contributed by atoms with Crippen molar-refractivity contribution < 1.29 is 8.42 Å². The largest absolute Gasteiger partial charge is 0.219 e. The molecule has 0 atom stereocenters. The molecular formula is C12H16O2S. The number of rotatable bonds is 3. The number of allylic oxidation sites excluding steroid dienone is 1. The summed E-state index contributed by atoms with van der Waals surface area (Å²) in [6.45, 7) is 5.70. The van der Waals surface area contributed by atoms with Gasteiger partial charge < -0.3 is 0 Å². The molecule has 15 heavy (non-hydrogen) atoms. The van der Waals surface area contributed by atoms with Crippen molar-refractivity contribution in [2.75, 3.05) is 0 Å². The van der Waals surface area contributed by atoms with E-state index >= 15 is 0 Å². The van der Waals surface area contributed by atoms with Crippen molar-refractivity contribution in [2.24, 2.45) is 0 Å². The maximum Gasteiger partial charge on any atom is 0.199 e. The number of aryl methyl sites for hydroxylation is 1. The zero-order valence-corrected chi connectivity index (χ0v) is 10.1. The molecular weight excluding hydrogens is 208 g/mol. The quantitative estimate of drug-likeness (QED) is 0.790. The Morgan fingerprint density at radius 3 is 2.27 bits per heavy atom. The Hall–Kier alpha value is -1.09. The zero-order chi connectivity index (χ0) is 11.5. The summed E-state index contributed by atoms with van der Waals surface area (Å²) in [4.78, 5) is 0.362. The fourth-order valence-electron chi connectivity index (χ4n) is 1.14. The van der Waals surface area contributed by atoms with E-state index in [1.165, 1.54) is 5.41 Å². The molecule has 0 fully saturated rings. The molecule has 1 rings (SSSR count). The molecule has 0 bridgehead atoms. The average Bonchev–Trinajstić information content (AvgIpc) is 2.17. The first-order valence-corrected chi connectivity index (χ1v) is 6.49. The number of sulfone groups is 1. The molecule has 0 amide bonds. The smallest absolute Gasteiger partial charge is 0.199 e. The highest BCUT2D eigenvalue weighted by Gasteiger charge is 2.10. The predicted octanol–water partition coefficient (Wildman–Crippen LogP) is 3.08. The van der Waals surface area contributed by atoms with Crippen molar-refractivity contribution in [3.05, 3.63) is 40.8 Å². The molecule has 2 nitrogen and oxygen atoms in total. The van der Waals surface area contributed by atoms with Gasteiger partial charge in [-0.3, -0.25) is 0 Å². The van der Waals surface area contributed by atoms with Gasteiger partial charge in [-0.25, -0.2) is 8.42 Å². The summed E-state index contributed by atoms with van der Waals surface area (Å²) >= 11 is 0. The summed E-state index contributed by atoms with van der Waals surface area (Å²) in [6.07, 6.45) is 0.755. The summed E-state index contributed by atoms with van der Waals surface area (Å²) in [5, 5.41) is 1.34. The molecule has 0 unspecified atom stereocenters. The molecule has 3 heteroatoms. The summed E-state index contributed by atoms with van der Waals surface area (Å²) in [7, 11) is -3.25.